The van der Waals surface area contributed by atoms with Gasteiger partial charge in [-0.05, 0) is 26.7 Å². The van der Waals surface area contributed by atoms with E-state index in [1.807, 2.05) is 23.6 Å². The molecule has 0 aromatic rings. The molecular formula is C13H28N2O. The Labute approximate surface area is 101 Å². The molecule has 96 valence electrons. The van der Waals surface area contributed by atoms with Gasteiger partial charge >= 0.3 is 6.03 Å². The fraction of sp³-hybridized carbons (Fsp3) is 0.923. The molecule has 16 heavy (non-hydrogen) atoms. The number of nitrogens with zero attached hydrogens (tertiary/aromatic N) is 2. The van der Waals surface area contributed by atoms with E-state index in [2.05, 4.69) is 13.8 Å². The lowest BCUT2D eigenvalue weighted by Crippen LogP contribution is -2.43. The third-order valence-corrected chi connectivity index (χ3v) is 2.87. The normalized spacial score (nSPS) is 10.2. The number of carbonyl (C=O) groups is 1. The monoisotopic (exact) mass is 228 g/mol. The van der Waals surface area contributed by atoms with E-state index in [0.29, 0.717) is 0 Å². The quantitative estimate of drug-likeness (QED) is 0.625. The van der Waals surface area contributed by atoms with Crippen LogP contribution in [0.15, 0.2) is 0 Å². The number of unbranched alkanes of at least 4 members (excludes halogenated alkanes) is 2. The predicted molar refractivity (Wildman–Crippen MR) is 69.7 cm³/mol. The summed E-state index contributed by atoms with van der Waals surface area (Å²) < 4.78 is 0. The molecular weight excluding hydrogens is 200 g/mol. The highest BCUT2D eigenvalue weighted by Gasteiger charge is 2.17. The molecule has 0 aliphatic rings. The Morgan fingerprint density at radius 1 is 0.812 bits per heavy atom. The van der Waals surface area contributed by atoms with Gasteiger partial charge in [-0.1, -0.05) is 26.7 Å². The number of hydrogen-bond donors (Lipinski definition) is 0. The molecule has 0 N–H and O–H groups in total. The van der Waals surface area contributed by atoms with E-state index < -0.39 is 0 Å². The van der Waals surface area contributed by atoms with Crippen LogP contribution in [0.3, 0.4) is 0 Å². The van der Waals surface area contributed by atoms with Gasteiger partial charge in [0.05, 0.1) is 0 Å². The van der Waals surface area contributed by atoms with E-state index >= 15 is 0 Å². The van der Waals surface area contributed by atoms with Gasteiger partial charge < -0.3 is 9.80 Å². The van der Waals surface area contributed by atoms with Crippen LogP contribution >= 0.6 is 0 Å². The third kappa shape index (κ3) is 5.38. The summed E-state index contributed by atoms with van der Waals surface area (Å²) in [4.78, 5) is 16.1. The van der Waals surface area contributed by atoms with Crippen molar-refractivity contribution in [3.8, 4) is 0 Å². The Morgan fingerprint density at radius 3 is 1.56 bits per heavy atom. The second kappa shape index (κ2) is 9.49. The summed E-state index contributed by atoms with van der Waals surface area (Å²) in [5.41, 5.74) is 0. The SMILES string of the molecule is CCCCN(CCCC)C(=O)N(CC)CC. The maximum absolute atomic E-state index is 12.2. The van der Waals surface area contributed by atoms with Crippen LogP contribution in [-0.2, 0) is 0 Å². The second-order valence-corrected chi connectivity index (χ2v) is 4.15. The third-order valence-electron chi connectivity index (χ3n) is 2.87. The molecule has 3 nitrogen and oxygen atoms in total. The predicted octanol–water partition coefficient (Wildman–Crippen LogP) is 3.35. The van der Waals surface area contributed by atoms with Crippen LogP contribution in [0, 0.1) is 0 Å². The van der Waals surface area contributed by atoms with Crippen molar-refractivity contribution in [1.29, 1.82) is 0 Å². The van der Waals surface area contributed by atoms with Gasteiger partial charge in [-0.3, -0.25) is 0 Å². The van der Waals surface area contributed by atoms with Gasteiger partial charge in [-0.2, -0.15) is 0 Å². The first-order valence-electron chi connectivity index (χ1n) is 6.74. The molecule has 0 aliphatic heterocycles. The highest BCUT2D eigenvalue weighted by Crippen LogP contribution is 2.04. The minimum atomic E-state index is 0.215. The molecule has 0 fully saturated rings. The number of amides is 2. The smallest absolute Gasteiger partial charge is 0.319 e. The first-order chi connectivity index (χ1) is 7.71. The van der Waals surface area contributed by atoms with Crippen molar-refractivity contribution in [3.63, 3.8) is 0 Å². The van der Waals surface area contributed by atoms with Crippen LogP contribution in [-0.4, -0.2) is 42.0 Å². The summed E-state index contributed by atoms with van der Waals surface area (Å²) in [5.74, 6) is 0. The maximum atomic E-state index is 12.2. The molecule has 0 saturated carbocycles. The Morgan fingerprint density at radius 2 is 1.25 bits per heavy atom. The zero-order valence-corrected chi connectivity index (χ0v) is 11.5. The van der Waals surface area contributed by atoms with E-state index in [4.69, 9.17) is 0 Å². The molecule has 0 spiro atoms. The summed E-state index contributed by atoms with van der Waals surface area (Å²) in [6.45, 7) is 11.9. The average molecular weight is 228 g/mol. The molecule has 0 aromatic carbocycles. The minimum Gasteiger partial charge on any atom is -0.325 e. The van der Waals surface area contributed by atoms with Crippen molar-refractivity contribution in [3.05, 3.63) is 0 Å². The van der Waals surface area contributed by atoms with Gasteiger partial charge in [0.2, 0.25) is 0 Å². The van der Waals surface area contributed by atoms with Crippen molar-refractivity contribution in [1.82, 2.24) is 9.80 Å². The lowest BCUT2D eigenvalue weighted by Gasteiger charge is -2.29. The van der Waals surface area contributed by atoms with Crippen LogP contribution < -0.4 is 0 Å². The summed E-state index contributed by atoms with van der Waals surface area (Å²) in [5, 5.41) is 0. The number of carbonyl (C=O) groups excluding carboxylic acids is 1. The zero-order chi connectivity index (χ0) is 12.4. The molecule has 0 aromatic heterocycles. The average Bonchev–Trinajstić information content (AvgIpc) is 2.30. The Kier molecular flexibility index (Phi) is 9.06. The van der Waals surface area contributed by atoms with Gasteiger partial charge in [0.25, 0.3) is 0 Å². The first kappa shape index (κ1) is 15.3. The first-order valence-corrected chi connectivity index (χ1v) is 6.74. The van der Waals surface area contributed by atoms with Crippen LogP contribution in [0.1, 0.15) is 53.4 Å². The van der Waals surface area contributed by atoms with Gasteiger partial charge in [-0.15, -0.1) is 0 Å². The molecule has 2 amide bonds. The molecule has 0 aliphatic carbocycles. The standard InChI is InChI=1S/C13H28N2O/c1-5-9-11-15(12-10-6-2)13(16)14(7-3)8-4/h5-12H2,1-4H3. The summed E-state index contributed by atoms with van der Waals surface area (Å²) in [7, 11) is 0. The van der Waals surface area contributed by atoms with E-state index in [1.165, 1.54) is 0 Å². The molecule has 3 heteroatoms. The number of hydrogen-bond acceptors (Lipinski definition) is 1. The minimum absolute atomic E-state index is 0.215. The maximum Gasteiger partial charge on any atom is 0.319 e. The van der Waals surface area contributed by atoms with E-state index in [9.17, 15) is 4.79 Å². The lowest BCUT2D eigenvalue weighted by molar-refractivity contribution is 0.156. The molecule has 0 radical (unpaired) electrons. The summed E-state index contributed by atoms with van der Waals surface area (Å²) in [6.07, 6.45) is 4.51. The van der Waals surface area contributed by atoms with Crippen molar-refractivity contribution in [2.75, 3.05) is 26.2 Å². The Bertz CT molecular complexity index is 171. The highest BCUT2D eigenvalue weighted by atomic mass is 16.2. The zero-order valence-electron chi connectivity index (χ0n) is 11.5. The molecule has 0 unspecified atom stereocenters. The van der Waals surface area contributed by atoms with Crippen molar-refractivity contribution in [2.24, 2.45) is 0 Å². The Hall–Kier alpha value is -0.730. The topological polar surface area (TPSA) is 23.6 Å². The summed E-state index contributed by atoms with van der Waals surface area (Å²) >= 11 is 0. The number of urea groups is 1. The van der Waals surface area contributed by atoms with E-state index in [1.54, 1.807) is 0 Å². The summed E-state index contributed by atoms with van der Waals surface area (Å²) in [6, 6.07) is 0.215. The molecule has 0 atom stereocenters. The molecule has 0 bridgehead atoms. The van der Waals surface area contributed by atoms with Crippen LogP contribution in [0.25, 0.3) is 0 Å². The van der Waals surface area contributed by atoms with Crippen molar-refractivity contribution in [2.45, 2.75) is 53.4 Å². The molecule has 0 saturated heterocycles. The van der Waals surface area contributed by atoms with E-state index in [-0.39, 0.29) is 6.03 Å². The molecule has 0 rings (SSSR count). The van der Waals surface area contributed by atoms with Crippen LogP contribution in [0.4, 0.5) is 4.79 Å². The lowest BCUT2D eigenvalue weighted by atomic mass is 10.2. The fourth-order valence-electron chi connectivity index (χ4n) is 1.70. The van der Waals surface area contributed by atoms with Gasteiger partial charge in [0.15, 0.2) is 0 Å². The largest absolute Gasteiger partial charge is 0.325 e. The fourth-order valence-corrected chi connectivity index (χ4v) is 1.70. The second-order valence-electron chi connectivity index (χ2n) is 4.15. The van der Waals surface area contributed by atoms with Crippen LogP contribution in [0.5, 0.6) is 0 Å². The molecule has 0 heterocycles. The van der Waals surface area contributed by atoms with Crippen LogP contribution in [0.2, 0.25) is 0 Å². The Balaban J connectivity index is 4.28. The van der Waals surface area contributed by atoms with Crippen molar-refractivity contribution >= 4 is 6.03 Å². The highest BCUT2D eigenvalue weighted by molar-refractivity contribution is 5.74. The number of rotatable bonds is 8. The van der Waals surface area contributed by atoms with Gasteiger partial charge in [0, 0.05) is 26.2 Å². The van der Waals surface area contributed by atoms with Crippen molar-refractivity contribution < 1.29 is 4.79 Å². The van der Waals surface area contributed by atoms with Gasteiger partial charge in [-0.25, -0.2) is 4.79 Å². The van der Waals surface area contributed by atoms with Gasteiger partial charge in [0.1, 0.15) is 0 Å². The van der Waals surface area contributed by atoms with E-state index in [0.717, 1.165) is 51.9 Å².